The van der Waals surface area contributed by atoms with Crippen LogP contribution in [0.4, 0.5) is 0 Å². The monoisotopic (exact) mass is 376 g/mol. The van der Waals surface area contributed by atoms with E-state index < -0.39 is 43.2 Å². The van der Waals surface area contributed by atoms with Crippen molar-refractivity contribution in [3.8, 4) is 0 Å². The molecule has 26 heavy (non-hydrogen) atoms. The van der Waals surface area contributed by atoms with Gasteiger partial charge in [-0.15, -0.1) is 0 Å². The Labute approximate surface area is 156 Å². The van der Waals surface area contributed by atoms with Crippen LogP contribution in [0.15, 0.2) is 0 Å². The first-order valence-corrected chi connectivity index (χ1v) is 9.92. The Balaban J connectivity index is 2.27. The maximum absolute atomic E-state index is 12.1. The average molecular weight is 376 g/mol. The van der Waals surface area contributed by atoms with Crippen molar-refractivity contribution in [2.75, 3.05) is 6.61 Å². The van der Waals surface area contributed by atoms with Gasteiger partial charge in [0.1, 0.15) is 30.2 Å². The van der Waals surface area contributed by atoms with Crippen molar-refractivity contribution < 1.29 is 35.1 Å². The molecule has 0 aliphatic carbocycles. The van der Waals surface area contributed by atoms with Gasteiger partial charge in [0.05, 0.1) is 13.0 Å². The summed E-state index contributed by atoms with van der Waals surface area (Å²) in [6.45, 7) is 1.55. The zero-order chi connectivity index (χ0) is 19.6. The molecule has 0 spiro atoms. The first-order valence-electron chi connectivity index (χ1n) is 9.92. The van der Waals surface area contributed by atoms with Crippen LogP contribution in [-0.2, 0) is 9.53 Å². The molecular weight excluding hydrogens is 340 g/mol. The van der Waals surface area contributed by atoms with Crippen molar-refractivity contribution in [1.29, 1.82) is 0 Å². The summed E-state index contributed by atoms with van der Waals surface area (Å²) in [5, 5.41) is 48.9. The third-order valence-corrected chi connectivity index (χ3v) is 5.06. The molecule has 0 bridgehead atoms. The van der Waals surface area contributed by atoms with Crippen molar-refractivity contribution >= 4 is 5.78 Å². The highest BCUT2D eigenvalue weighted by Gasteiger charge is 2.53. The lowest BCUT2D eigenvalue weighted by Gasteiger charge is -2.45. The van der Waals surface area contributed by atoms with Crippen LogP contribution in [0.1, 0.15) is 77.6 Å². The maximum atomic E-state index is 12.1. The summed E-state index contributed by atoms with van der Waals surface area (Å²) in [5.41, 5.74) is 0. The molecule has 0 amide bonds. The molecule has 1 saturated heterocycles. The van der Waals surface area contributed by atoms with Gasteiger partial charge in [-0.2, -0.15) is 0 Å². The molecular formula is C19H36O7. The molecule has 0 radical (unpaired) electrons. The zero-order valence-electron chi connectivity index (χ0n) is 15.8. The minimum Gasteiger partial charge on any atom is -0.394 e. The molecule has 0 unspecified atom stereocenters. The first-order chi connectivity index (χ1) is 12.4. The van der Waals surface area contributed by atoms with Crippen LogP contribution in [0.25, 0.3) is 0 Å². The van der Waals surface area contributed by atoms with E-state index in [0.29, 0.717) is 6.42 Å². The van der Waals surface area contributed by atoms with E-state index in [0.717, 1.165) is 19.3 Å². The van der Waals surface area contributed by atoms with Crippen LogP contribution in [0.3, 0.4) is 0 Å². The lowest BCUT2D eigenvalue weighted by molar-refractivity contribution is -0.347. The number of carbonyl (C=O) groups excluding carboxylic acids is 1. The van der Waals surface area contributed by atoms with Crippen LogP contribution >= 0.6 is 0 Å². The number of Topliss-reactive ketones (excluding diaryl/α,β-unsaturated/α-hetero) is 1. The second kappa shape index (κ2) is 12.0. The topological polar surface area (TPSA) is 127 Å². The Morgan fingerprint density at radius 2 is 1.46 bits per heavy atom. The van der Waals surface area contributed by atoms with Crippen molar-refractivity contribution in [3.63, 3.8) is 0 Å². The Kier molecular flexibility index (Phi) is 10.8. The third kappa shape index (κ3) is 7.21. The molecule has 0 aromatic heterocycles. The number of rotatable bonds is 13. The Morgan fingerprint density at radius 3 is 2.00 bits per heavy atom. The Morgan fingerprint density at radius 1 is 0.923 bits per heavy atom. The van der Waals surface area contributed by atoms with Gasteiger partial charge >= 0.3 is 0 Å². The summed E-state index contributed by atoms with van der Waals surface area (Å²) in [6.07, 6.45) is 3.65. The van der Waals surface area contributed by atoms with Gasteiger partial charge in [0.2, 0.25) is 5.79 Å². The summed E-state index contributed by atoms with van der Waals surface area (Å²) in [5.74, 6) is -2.57. The fourth-order valence-corrected chi connectivity index (χ4v) is 3.37. The van der Waals surface area contributed by atoms with E-state index in [2.05, 4.69) is 6.92 Å². The average Bonchev–Trinajstić information content (AvgIpc) is 2.62. The SMILES string of the molecule is CCCCCCCCCCCC(=O)C[C@]1(O)O[C@H](CO)[C@@H](O)[C@H](O)[C@H]1O. The van der Waals surface area contributed by atoms with Gasteiger partial charge in [0, 0.05) is 6.42 Å². The normalized spacial score (nSPS) is 31.9. The highest BCUT2D eigenvalue weighted by atomic mass is 16.7. The van der Waals surface area contributed by atoms with E-state index in [9.17, 15) is 25.2 Å². The van der Waals surface area contributed by atoms with Crippen molar-refractivity contribution in [3.05, 3.63) is 0 Å². The molecule has 5 N–H and O–H groups in total. The minimum absolute atomic E-state index is 0.261. The molecule has 0 aromatic rings. The van der Waals surface area contributed by atoms with E-state index in [1.165, 1.54) is 32.1 Å². The van der Waals surface area contributed by atoms with Gasteiger partial charge in [-0.3, -0.25) is 4.79 Å². The second-order valence-corrected chi connectivity index (χ2v) is 7.40. The number of hydrogen-bond donors (Lipinski definition) is 5. The van der Waals surface area contributed by atoms with Gasteiger partial charge < -0.3 is 30.3 Å². The lowest BCUT2D eigenvalue weighted by Crippen LogP contribution is -2.65. The van der Waals surface area contributed by atoms with Gasteiger partial charge in [0.25, 0.3) is 0 Å². The van der Waals surface area contributed by atoms with Gasteiger partial charge in [-0.05, 0) is 6.42 Å². The van der Waals surface area contributed by atoms with Crippen LogP contribution < -0.4 is 0 Å². The summed E-state index contributed by atoms with van der Waals surface area (Å²) < 4.78 is 5.11. The summed E-state index contributed by atoms with van der Waals surface area (Å²) in [6, 6.07) is 0. The van der Waals surface area contributed by atoms with Crippen molar-refractivity contribution in [2.24, 2.45) is 0 Å². The fourth-order valence-electron chi connectivity index (χ4n) is 3.37. The lowest BCUT2D eigenvalue weighted by atomic mass is 9.89. The highest BCUT2D eigenvalue weighted by Crippen LogP contribution is 2.31. The molecule has 1 rings (SSSR count). The van der Waals surface area contributed by atoms with E-state index >= 15 is 0 Å². The molecule has 1 aliphatic rings. The molecule has 7 heteroatoms. The molecule has 0 saturated carbocycles. The number of ether oxygens (including phenoxy) is 1. The highest BCUT2D eigenvalue weighted by molar-refractivity contribution is 5.79. The van der Waals surface area contributed by atoms with Gasteiger partial charge in [0.15, 0.2) is 0 Å². The van der Waals surface area contributed by atoms with E-state index in [4.69, 9.17) is 9.84 Å². The van der Waals surface area contributed by atoms with Crippen molar-refractivity contribution in [2.45, 2.75) is 108 Å². The number of ketones is 1. The quantitative estimate of drug-likeness (QED) is 0.304. The molecule has 1 heterocycles. The van der Waals surface area contributed by atoms with Crippen LogP contribution in [0.2, 0.25) is 0 Å². The van der Waals surface area contributed by atoms with Gasteiger partial charge in [-0.25, -0.2) is 0 Å². The number of aliphatic hydroxyl groups is 5. The van der Waals surface area contributed by atoms with Crippen LogP contribution in [-0.4, -0.2) is 68.1 Å². The molecule has 154 valence electrons. The number of carbonyl (C=O) groups is 1. The second-order valence-electron chi connectivity index (χ2n) is 7.40. The summed E-state index contributed by atoms with van der Waals surface area (Å²) >= 11 is 0. The Bertz CT molecular complexity index is 401. The molecule has 0 aromatic carbocycles. The standard InChI is InChI=1S/C19H36O7/c1-2-3-4-5-6-7-8-9-10-11-14(21)12-19(25)18(24)17(23)16(22)15(13-20)26-19/h15-18,20,22-25H,2-13H2,1H3/t15-,16-,17+,18-,19+/m1/s1. The van der Waals surface area contributed by atoms with E-state index in [1.807, 2.05) is 0 Å². The number of unbranched alkanes of at least 4 members (excludes halogenated alkanes) is 8. The molecule has 5 atom stereocenters. The van der Waals surface area contributed by atoms with Crippen LogP contribution in [0.5, 0.6) is 0 Å². The van der Waals surface area contributed by atoms with Crippen LogP contribution in [0, 0.1) is 0 Å². The largest absolute Gasteiger partial charge is 0.394 e. The summed E-state index contributed by atoms with van der Waals surface area (Å²) in [4.78, 5) is 12.1. The Hall–Kier alpha value is -0.570. The fraction of sp³-hybridized carbons (Fsp3) is 0.947. The van der Waals surface area contributed by atoms with E-state index in [-0.39, 0.29) is 12.2 Å². The molecule has 1 fully saturated rings. The number of hydrogen-bond acceptors (Lipinski definition) is 7. The predicted molar refractivity (Wildman–Crippen MR) is 96.4 cm³/mol. The predicted octanol–water partition coefficient (Wildman–Crippen LogP) is 1.03. The first kappa shape index (κ1) is 23.5. The molecule has 1 aliphatic heterocycles. The minimum atomic E-state index is -2.29. The zero-order valence-corrected chi connectivity index (χ0v) is 15.8. The maximum Gasteiger partial charge on any atom is 0.202 e. The molecule has 7 nitrogen and oxygen atoms in total. The van der Waals surface area contributed by atoms with Crippen molar-refractivity contribution in [1.82, 2.24) is 0 Å². The number of aliphatic hydroxyl groups excluding tert-OH is 4. The summed E-state index contributed by atoms with van der Waals surface area (Å²) in [7, 11) is 0. The van der Waals surface area contributed by atoms with E-state index in [1.54, 1.807) is 0 Å². The van der Waals surface area contributed by atoms with Gasteiger partial charge in [-0.1, -0.05) is 58.3 Å². The smallest absolute Gasteiger partial charge is 0.202 e. The third-order valence-electron chi connectivity index (χ3n) is 5.06.